The molecule has 5 aromatic rings. The summed E-state index contributed by atoms with van der Waals surface area (Å²) in [6.45, 7) is 0. The van der Waals surface area contributed by atoms with Crippen LogP contribution in [0.2, 0.25) is 0 Å². The maximum absolute atomic E-state index is 5.44. The van der Waals surface area contributed by atoms with E-state index in [0.717, 1.165) is 23.0 Å². The van der Waals surface area contributed by atoms with Gasteiger partial charge < -0.3 is 10.1 Å². The molecule has 5 rings (SSSR count). The maximum atomic E-state index is 5.44. The molecular weight excluding hydrogens is 394 g/mol. The normalized spacial score (nSPS) is 11.0. The van der Waals surface area contributed by atoms with Crippen molar-refractivity contribution in [3.63, 3.8) is 0 Å². The summed E-state index contributed by atoms with van der Waals surface area (Å²) < 4.78 is 9.02. The van der Waals surface area contributed by atoms with Crippen molar-refractivity contribution in [2.24, 2.45) is 7.05 Å². The largest absolute Gasteiger partial charge is 0.496 e. The molecule has 10 nitrogen and oxygen atoms in total. The van der Waals surface area contributed by atoms with Crippen molar-refractivity contribution >= 4 is 17.4 Å². The van der Waals surface area contributed by atoms with Gasteiger partial charge in [0, 0.05) is 37.4 Å². The summed E-state index contributed by atoms with van der Waals surface area (Å²) in [6, 6.07) is 13.4. The third kappa shape index (κ3) is 3.66. The van der Waals surface area contributed by atoms with E-state index in [-0.39, 0.29) is 0 Å². The molecule has 0 bridgehead atoms. The summed E-state index contributed by atoms with van der Waals surface area (Å²) >= 11 is 0. The van der Waals surface area contributed by atoms with Gasteiger partial charge in [0.15, 0.2) is 5.65 Å². The molecule has 0 fully saturated rings. The van der Waals surface area contributed by atoms with E-state index in [2.05, 4.69) is 35.6 Å². The number of aryl methyl sites for hydroxylation is 1. The number of para-hydroxylation sites is 1. The van der Waals surface area contributed by atoms with Gasteiger partial charge in [-0.25, -0.2) is 15.0 Å². The van der Waals surface area contributed by atoms with Gasteiger partial charge in [-0.3, -0.25) is 9.08 Å². The van der Waals surface area contributed by atoms with E-state index < -0.39 is 0 Å². The molecular formula is C21H19N9O. The second-order valence-corrected chi connectivity index (χ2v) is 6.84. The highest BCUT2D eigenvalue weighted by atomic mass is 16.5. The lowest BCUT2D eigenvalue weighted by atomic mass is 10.1. The molecule has 31 heavy (non-hydrogen) atoms. The Morgan fingerprint density at radius 2 is 1.90 bits per heavy atom. The molecule has 0 unspecified atom stereocenters. The fourth-order valence-electron chi connectivity index (χ4n) is 3.29. The number of ether oxygens (including phenoxy) is 1. The Labute approximate surface area is 177 Å². The minimum atomic E-state index is 0.459. The minimum absolute atomic E-state index is 0.459. The van der Waals surface area contributed by atoms with Crippen molar-refractivity contribution in [2.45, 2.75) is 6.42 Å². The molecule has 1 N–H and O–H groups in total. The van der Waals surface area contributed by atoms with Crippen LogP contribution in [0.4, 0.5) is 11.8 Å². The van der Waals surface area contributed by atoms with E-state index in [0.29, 0.717) is 29.4 Å². The molecule has 0 amide bonds. The molecule has 0 aliphatic carbocycles. The van der Waals surface area contributed by atoms with Gasteiger partial charge in [-0.2, -0.15) is 5.10 Å². The average Bonchev–Trinajstić information content (AvgIpc) is 3.40. The SMILES string of the molecule is COc1ccccc1Cc1nnc2cc(-c3ccnc(Nc4ccnn4C)n3)ncn12. The first-order valence-electron chi connectivity index (χ1n) is 9.61. The van der Waals surface area contributed by atoms with Crippen LogP contribution >= 0.6 is 0 Å². The summed E-state index contributed by atoms with van der Waals surface area (Å²) in [5, 5.41) is 15.9. The van der Waals surface area contributed by atoms with Crippen LogP contribution < -0.4 is 10.1 Å². The number of fused-ring (bicyclic) bond motifs is 1. The zero-order valence-electron chi connectivity index (χ0n) is 17.0. The highest BCUT2D eigenvalue weighted by molar-refractivity contribution is 5.61. The van der Waals surface area contributed by atoms with E-state index >= 15 is 0 Å². The van der Waals surface area contributed by atoms with Crippen molar-refractivity contribution in [3.8, 4) is 17.1 Å². The Balaban J connectivity index is 1.43. The van der Waals surface area contributed by atoms with Gasteiger partial charge in [0.2, 0.25) is 5.95 Å². The van der Waals surface area contributed by atoms with Gasteiger partial charge in [0.25, 0.3) is 0 Å². The zero-order chi connectivity index (χ0) is 21.2. The second-order valence-electron chi connectivity index (χ2n) is 6.84. The van der Waals surface area contributed by atoms with Gasteiger partial charge in [0.1, 0.15) is 23.7 Å². The summed E-state index contributed by atoms with van der Waals surface area (Å²) in [6.07, 6.45) is 5.68. The summed E-state index contributed by atoms with van der Waals surface area (Å²) in [4.78, 5) is 13.4. The molecule has 0 saturated carbocycles. The predicted octanol–water partition coefficient (Wildman–Crippen LogP) is 2.66. The third-order valence-electron chi connectivity index (χ3n) is 4.89. The van der Waals surface area contributed by atoms with E-state index in [1.54, 1.807) is 36.6 Å². The van der Waals surface area contributed by atoms with E-state index in [1.807, 2.05) is 47.8 Å². The number of methoxy groups -OCH3 is 1. The van der Waals surface area contributed by atoms with Crippen LogP contribution in [0.3, 0.4) is 0 Å². The van der Waals surface area contributed by atoms with Crippen LogP contribution in [0.15, 0.2) is 61.2 Å². The Morgan fingerprint density at radius 3 is 2.74 bits per heavy atom. The fourth-order valence-corrected chi connectivity index (χ4v) is 3.29. The van der Waals surface area contributed by atoms with Crippen LogP contribution in [-0.4, -0.2) is 46.4 Å². The van der Waals surface area contributed by atoms with Gasteiger partial charge in [0.05, 0.1) is 24.7 Å². The lowest BCUT2D eigenvalue weighted by molar-refractivity contribution is 0.410. The van der Waals surface area contributed by atoms with Crippen LogP contribution in [0.25, 0.3) is 17.0 Å². The van der Waals surface area contributed by atoms with Crippen molar-refractivity contribution < 1.29 is 4.74 Å². The summed E-state index contributed by atoms with van der Waals surface area (Å²) in [5.41, 5.74) is 3.08. The first-order chi connectivity index (χ1) is 15.2. The van der Waals surface area contributed by atoms with Crippen LogP contribution in [0.5, 0.6) is 5.75 Å². The number of anilines is 2. The highest BCUT2D eigenvalue weighted by Gasteiger charge is 2.12. The van der Waals surface area contributed by atoms with E-state index in [4.69, 9.17) is 4.74 Å². The number of hydrogen-bond acceptors (Lipinski definition) is 8. The number of benzene rings is 1. The topological polar surface area (TPSA) is 108 Å². The van der Waals surface area contributed by atoms with Crippen molar-refractivity contribution in [3.05, 3.63) is 72.6 Å². The van der Waals surface area contributed by atoms with Crippen LogP contribution in [0.1, 0.15) is 11.4 Å². The van der Waals surface area contributed by atoms with Crippen LogP contribution in [-0.2, 0) is 13.5 Å². The number of nitrogens with zero attached hydrogens (tertiary/aromatic N) is 8. The molecule has 154 valence electrons. The molecule has 10 heteroatoms. The average molecular weight is 413 g/mol. The Bertz CT molecular complexity index is 1360. The second kappa shape index (κ2) is 7.82. The molecule has 4 heterocycles. The van der Waals surface area contributed by atoms with Crippen LogP contribution in [0, 0.1) is 0 Å². The number of rotatable bonds is 6. The molecule has 4 aromatic heterocycles. The molecule has 0 spiro atoms. The first-order valence-corrected chi connectivity index (χ1v) is 9.61. The number of aromatic nitrogens is 8. The third-order valence-corrected chi connectivity index (χ3v) is 4.89. The van der Waals surface area contributed by atoms with E-state index in [1.165, 1.54) is 0 Å². The molecule has 0 aliphatic rings. The molecule has 0 aliphatic heterocycles. The summed E-state index contributed by atoms with van der Waals surface area (Å²) in [5.74, 6) is 2.85. The molecule has 0 atom stereocenters. The quantitative estimate of drug-likeness (QED) is 0.453. The lowest BCUT2D eigenvalue weighted by Crippen LogP contribution is -2.03. The summed E-state index contributed by atoms with van der Waals surface area (Å²) in [7, 11) is 3.50. The molecule has 1 aromatic carbocycles. The van der Waals surface area contributed by atoms with Gasteiger partial charge in [-0.15, -0.1) is 10.2 Å². The van der Waals surface area contributed by atoms with E-state index in [9.17, 15) is 0 Å². The number of nitrogens with one attached hydrogen (secondary N) is 1. The minimum Gasteiger partial charge on any atom is -0.496 e. The zero-order valence-corrected chi connectivity index (χ0v) is 17.0. The Hall–Kier alpha value is -4.34. The van der Waals surface area contributed by atoms with Crippen molar-refractivity contribution in [2.75, 3.05) is 12.4 Å². The number of hydrogen-bond donors (Lipinski definition) is 1. The van der Waals surface area contributed by atoms with Crippen molar-refractivity contribution in [1.82, 2.24) is 39.3 Å². The van der Waals surface area contributed by atoms with Crippen molar-refractivity contribution in [1.29, 1.82) is 0 Å². The first kappa shape index (κ1) is 18.7. The smallest absolute Gasteiger partial charge is 0.228 e. The van der Waals surface area contributed by atoms with Gasteiger partial charge >= 0.3 is 0 Å². The predicted molar refractivity (Wildman–Crippen MR) is 114 cm³/mol. The maximum Gasteiger partial charge on any atom is 0.228 e. The Kier molecular flexibility index (Phi) is 4.71. The lowest BCUT2D eigenvalue weighted by Gasteiger charge is -2.08. The molecule has 0 radical (unpaired) electrons. The molecule has 0 saturated heterocycles. The fraction of sp³-hybridized carbons (Fsp3) is 0.143. The Morgan fingerprint density at radius 1 is 1.00 bits per heavy atom. The van der Waals surface area contributed by atoms with Gasteiger partial charge in [-0.05, 0) is 12.1 Å². The standard InChI is InChI=1S/C21H19N9O/c1-29-18(8-10-24-29)26-21-22-9-7-15(25-21)16-12-20-28-27-19(30(20)13-23-16)11-14-5-3-4-6-17(14)31-2/h3-10,12-13H,11H2,1-2H3,(H,22,25,26). The highest BCUT2D eigenvalue weighted by Crippen LogP contribution is 2.22. The van der Waals surface area contributed by atoms with Gasteiger partial charge in [-0.1, -0.05) is 18.2 Å². The monoisotopic (exact) mass is 413 g/mol.